The fraction of sp³-hybridized carbons (Fsp3) is 0.526. The van der Waals surface area contributed by atoms with Crippen LogP contribution in [0, 0.1) is 0 Å². The second-order valence-electron chi connectivity index (χ2n) is 6.88. The average Bonchev–Trinajstić information content (AvgIpc) is 2.57. The van der Waals surface area contributed by atoms with E-state index in [2.05, 4.69) is 5.32 Å². The molecule has 0 unspecified atom stereocenters. The Morgan fingerprint density at radius 3 is 2.41 bits per heavy atom. The van der Waals surface area contributed by atoms with Gasteiger partial charge in [-0.25, -0.2) is 4.79 Å². The summed E-state index contributed by atoms with van der Waals surface area (Å²) in [6.07, 6.45) is 10.7. The zero-order valence-electron chi connectivity index (χ0n) is 13.1. The molecule has 1 aromatic rings. The summed E-state index contributed by atoms with van der Waals surface area (Å²) < 4.78 is 0. The minimum absolute atomic E-state index is 0.0314. The number of nitrogens with one attached hydrogen (secondary N) is 1. The van der Waals surface area contributed by atoms with Crippen molar-refractivity contribution in [3.8, 4) is 0 Å². The molecule has 2 aliphatic carbocycles. The molecule has 0 atom stereocenters. The number of allylic oxidation sites excluding steroid dienone is 1. The third-order valence-corrected chi connectivity index (χ3v) is 5.56. The molecule has 0 saturated heterocycles. The highest BCUT2D eigenvalue weighted by Crippen LogP contribution is 2.45. The van der Waals surface area contributed by atoms with Crippen LogP contribution >= 0.6 is 0 Å². The maximum Gasteiger partial charge on any atom is 0.326 e. The second kappa shape index (κ2) is 5.45. The van der Waals surface area contributed by atoms with Gasteiger partial charge in [-0.3, -0.25) is 4.90 Å². The quantitative estimate of drug-likeness (QED) is 0.797. The number of rotatable bonds is 1. The van der Waals surface area contributed by atoms with Crippen molar-refractivity contribution in [2.45, 2.75) is 63.3 Å². The normalized spacial score (nSPS) is 24.2. The van der Waals surface area contributed by atoms with E-state index in [0.29, 0.717) is 0 Å². The van der Waals surface area contributed by atoms with Gasteiger partial charge in [-0.15, -0.1) is 0 Å². The molecular formula is C19H24N2O. The van der Waals surface area contributed by atoms with Gasteiger partial charge in [-0.2, -0.15) is 0 Å². The Kier molecular flexibility index (Phi) is 3.44. The molecule has 2 amide bonds. The smallest absolute Gasteiger partial charge is 0.326 e. The van der Waals surface area contributed by atoms with E-state index in [4.69, 9.17) is 0 Å². The standard InChI is InChI=1S/C19H24N2O/c22-18-20-19(13-7-2-8-14-19)16-11-5-6-12-17(16)21(18)15-9-3-1-4-10-15/h1,3-4,9-10H,2,5-8,11-14H2,(H,20,22). The Balaban J connectivity index is 1.81. The van der Waals surface area contributed by atoms with E-state index in [1.54, 1.807) is 0 Å². The molecule has 3 aliphatic rings. The van der Waals surface area contributed by atoms with E-state index < -0.39 is 0 Å². The van der Waals surface area contributed by atoms with Crippen LogP contribution in [-0.2, 0) is 0 Å². The summed E-state index contributed by atoms with van der Waals surface area (Å²) in [4.78, 5) is 14.8. The highest BCUT2D eigenvalue weighted by atomic mass is 16.2. The van der Waals surface area contributed by atoms with E-state index >= 15 is 0 Å². The lowest BCUT2D eigenvalue weighted by Gasteiger charge is -2.49. The molecule has 1 spiro atoms. The number of fused-ring (bicyclic) bond motifs is 1. The number of amides is 2. The summed E-state index contributed by atoms with van der Waals surface area (Å²) in [5.41, 5.74) is 3.79. The van der Waals surface area contributed by atoms with Crippen molar-refractivity contribution in [3.63, 3.8) is 0 Å². The topological polar surface area (TPSA) is 32.3 Å². The van der Waals surface area contributed by atoms with Crippen molar-refractivity contribution in [1.82, 2.24) is 5.32 Å². The van der Waals surface area contributed by atoms with Crippen molar-refractivity contribution in [2.75, 3.05) is 4.90 Å². The fourth-order valence-electron chi connectivity index (χ4n) is 4.54. The van der Waals surface area contributed by atoms with Gasteiger partial charge in [0.15, 0.2) is 0 Å². The first-order valence-electron chi connectivity index (χ1n) is 8.70. The number of benzene rings is 1. The maximum atomic E-state index is 12.9. The van der Waals surface area contributed by atoms with Gasteiger partial charge in [0.2, 0.25) is 0 Å². The summed E-state index contributed by atoms with van der Waals surface area (Å²) in [5.74, 6) is 0. The first-order valence-corrected chi connectivity index (χ1v) is 8.70. The van der Waals surface area contributed by atoms with Crippen molar-refractivity contribution in [2.24, 2.45) is 0 Å². The Hall–Kier alpha value is -1.77. The molecular weight excluding hydrogens is 272 g/mol. The van der Waals surface area contributed by atoms with Crippen LogP contribution in [0.15, 0.2) is 41.6 Å². The van der Waals surface area contributed by atoms with E-state index in [0.717, 1.165) is 31.4 Å². The summed E-state index contributed by atoms with van der Waals surface area (Å²) in [6, 6.07) is 10.2. The molecule has 1 N–H and O–H groups in total. The maximum absolute atomic E-state index is 12.9. The number of nitrogens with zero attached hydrogens (tertiary/aromatic N) is 1. The zero-order valence-corrected chi connectivity index (χ0v) is 13.1. The predicted molar refractivity (Wildman–Crippen MR) is 88.8 cm³/mol. The Morgan fingerprint density at radius 1 is 0.909 bits per heavy atom. The van der Waals surface area contributed by atoms with Crippen molar-refractivity contribution < 1.29 is 4.79 Å². The van der Waals surface area contributed by atoms with E-state index in [9.17, 15) is 4.79 Å². The largest absolute Gasteiger partial charge is 0.328 e. The lowest BCUT2D eigenvalue weighted by Crippen LogP contribution is -2.60. The molecule has 0 aromatic heterocycles. The number of hydrogen-bond donors (Lipinski definition) is 1. The van der Waals surface area contributed by atoms with Gasteiger partial charge >= 0.3 is 6.03 Å². The highest BCUT2D eigenvalue weighted by Gasteiger charge is 2.45. The number of hydrogen-bond acceptors (Lipinski definition) is 1. The minimum Gasteiger partial charge on any atom is -0.328 e. The van der Waals surface area contributed by atoms with Gasteiger partial charge < -0.3 is 5.32 Å². The fourth-order valence-corrected chi connectivity index (χ4v) is 4.54. The first-order chi connectivity index (χ1) is 10.8. The number of carbonyl (C=O) groups is 1. The second-order valence-corrected chi connectivity index (χ2v) is 6.88. The zero-order chi connectivity index (χ0) is 15.0. The molecule has 1 fully saturated rings. The minimum atomic E-state index is -0.0314. The summed E-state index contributed by atoms with van der Waals surface area (Å²) in [7, 11) is 0. The van der Waals surface area contributed by atoms with Crippen molar-refractivity contribution >= 4 is 11.7 Å². The average molecular weight is 296 g/mol. The molecule has 3 nitrogen and oxygen atoms in total. The molecule has 1 heterocycles. The summed E-state index contributed by atoms with van der Waals surface area (Å²) in [6.45, 7) is 0. The van der Waals surface area contributed by atoms with E-state index in [1.807, 2.05) is 35.2 Å². The van der Waals surface area contributed by atoms with E-state index in [1.165, 1.54) is 43.4 Å². The molecule has 22 heavy (non-hydrogen) atoms. The van der Waals surface area contributed by atoms with Crippen LogP contribution in [0.3, 0.4) is 0 Å². The number of urea groups is 1. The summed E-state index contributed by atoms with van der Waals surface area (Å²) >= 11 is 0. The molecule has 0 radical (unpaired) electrons. The number of anilines is 1. The summed E-state index contributed by atoms with van der Waals surface area (Å²) in [5, 5.41) is 3.41. The molecule has 3 heteroatoms. The molecule has 116 valence electrons. The lowest BCUT2D eigenvalue weighted by atomic mass is 9.71. The van der Waals surface area contributed by atoms with Gasteiger partial charge in [-0.05, 0) is 56.2 Å². The van der Waals surface area contributed by atoms with Crippen LogP contribution in [0.5, 0.6) is 0 Å². The molecule has 1 aliphatic heterocycles. The highest BCUT2D eigenvalue weighted by molar-refractivity contribution is 5.97. The lowest BCUT2D eigenvalue weighted by molar-refractivity contribution is 0.212. The van der Waals surface area contributed by atoms with Crippen LogP contribution in [-0.4, -0.2) is 11.6 Å². The van der Waals surface area contributed by atoms with Crippen LogP contribution in [0.4, 0.5) is 10.5 Å². The molecule has 1 aromatic carbocycles. The van der Waals surface area contributed by atoms with Crippen molar-refractivity contribution in [3.05, 3.63) is 41.6 Å². The Labute approximate surface area is 132 Å². The number of para-hydroxylation sites is 1. The predicted octanol–water partition coefficient (Wildman–Crippen LogP) is 4.75. The van der Waals surface area contributed by atoms with Gasteiger partial charge in [0.25, 0.3) is 0 Å². The first kappa shape index (κ1) is 13.9. The third-order valence-electron chi connectivity index (χ3n) is 5.56. The van der Waals surface area contributed by atoms with Crippen LogP contribution < -0.4 is 10.2 Å². The molecule has 4 rings (SSSR count). The monoisotopic (exact) mass is 296 g/mol. The Morgan fingerprint density at radius 2 is 1.64 bits per heavy atom. The molecule has 0 bridgehead atoms. The Bertz CT molecular complexity index is 599. The van der Waals surface area contributed by atoms with Gasteiger partial charge in [0, 0.05) is 5.70 Å². The van der Waals surface area contributed by atoms with Gasteiger partial charge in [0.1, 0.15) is 0 Å². The van der Waals surface area contributed by atoms with E-state index in [-0.39, 0.29) is 11.6 Å². The van der Waals surface area contributed by atoms with Crippen LogP contribution in [0.1, 0.15) is 57.8 Å². The van der Waals surface area contributed by atoms with Gasteiger partial charge in [0.05, 0.1) is 11.2 Å². The van der Waals surface area contributed by atoms with Crippen LogP contribution in [0.25, 0.3) is 0 Å². The van der Waals surface area contributed by atoms with Gasteiger partial charge in [-0.1, -0.05) is 37.5 Å². The van der Waals surface area contributed by atoms with Crippen molar-refractivity contribution in [1.29, 1.82) is 0 Å². The van der Waals surface area contributed by atoms with Crippen LogP contribution in [0.2, 0.25) is 0 Å². The third kappa shape index (κ3) is 2.15. The SMILES string of the molecule is O=C1NC2(CCCCC2)C2=C(CCCC2)N1c1ccccc1. The number of carbonyl (C=O) groups excluding carboxylic acids is 1. The molecule has 1 saturated carbocycles.